The van der Waals surface area contributed by atoms with E-state index in [-0.39, 0.29) is 0 Å². The van der Waals surface area contributed by atoms with Crippen LogP contribution in [0.15, 0.2) is 60.7 Å². The molecule has 0 atom stereocenters. The maximum atomic E-state index is 2.35. The molecule has 0 unspecified atom stereocenters. The van der Waals surface area contributed by atoms with E-state index in [0.717, 1.165) is 6.42 Å². The average molecular weight is 236 g/mol. The number of hydrogen-bond acceptors (Lipinski definition) is 0. The summed E-state index contributed by atoms with van der Waals surface area (Å²) < 4.78 is 0. The monoisotopic (exact) mass is 236 g/mol. The Labute approximate surface area is 110 Å². The molecule has 0 saturated heterocycles. The van der Waals surface area contributed by atoms with Crippen LogP contribution in [0, 0.1) is 6.92 Å². The molecule has 0 spiro atoms. The first-order chi connectivity index (χ1) is 8.81. The van der Waals surface area contributed by atoms with Gasteiger partial charge in [-0.15, -0.1) is 0 Å². The van der Waals surface area contributed by atoms with Crippen molar-refractivity contribution in [1.82, 2.24) is 0 Å². The van der Waals surface area contributed by atoms with E-state index in [1.54, 1.807) is 0 Å². The number of allylic oxidation sites excluding steroid dienone is 1. The molecule has 92 valence electrons. The summed E-state index contributed by atoms with van der Waals surface area (Å²) in [5.41, 5.74) is 5.28. The predicted molar refractivity (Wildman–Crippen MR) is 79.6 cm³/mol. The lowest BCUT2D eigenvalue weighted by Crippen LogP contribution is -1.89. The van der Waals surface area contributed by atoms with Crippen molar-refractivity contribution >= 4 is 5.57 Å². The third kappa shape index (κ3) is 3.10. The molecule has 0 aliphatic rings. The summed E-state index contributed by atoms with van der Waals surface area (Å²) in [5.74, 6) is 0. The van der Waals surface area contributed by atoms with Gasteiger partial charge in [0.1, 0.15) is 0 Å². The quantitative estimate of drug-likeness (QED) is 0.682. The van der Waals surface area contributed by atoms with E-state index < -0.39 is 0 Å². The van der Waals surface area contributed by atoms with Crippen LogP contribution in [0.5, 0.6) is 0 Å². The molecule has 0 amide bonds. The first kappa shape index (κ1) is 12.6. The lowest BCUT2D eigenvalue weighted by Gasteiger charge is -2.09. The number of hydrogen-bond donors (Lipinski definition) is 0. The van der Waals surface area contributed by atoms with Gasteiger partial charge in [0.15, 0.2) is 0 Å². The molecule has 0 radical (unpaired) electrons. The molecule has 0 aliphatic carbocycles. The molecule has 0 saturated carbocycles. The Kier molecular flexibility index (Phi) is 4.35. The summed E-state index contributed by atoms with van der Waals surface area (Å²) in [4.78, 5) is 0. The molecular formula is C18H20. The van der Waals surface area contributed by atoms with E-state index in [4.69, 9.17) is 0 Å². The Hall–Kier alpha value is -1.82. The summed E-state index contributed by atoms with van der Waals surface area (Å²) in [6, 6.07) is 19.4. The van der Waals surface area contributed by atoms with Crippen LogP contribution in [0.3, 0.4) is 0 Å². The SMILES string of the molecule is CCCC=C(c1ccccc1)c1cccc(C)c1. The van der Waals surface area contributed by atoms with Crippen molar-refractivity contribution in [2.75, 3.05) is 0 Å². The minimum Gasteiger partial charge on any atom is -0.0761 e. The molecule has 2 aromatic carbocycles. The summed E-state index contributed by atoms with van der Waals surface area (Å²) in [5, 5.41) is 0. The van der Waals surface area contributed by atoms with Gasteiger partial charge >= 0.3 is 0 Å². The lowest BCUT2D eigenvalue weighted by atomic mass is 9.95. The van der Waals surface area contributed by atoms with Crippen LogP contribution in [0.4, 0.5) is 0 Å². The zero-order valence-electron chi connectivity index (χ0n) is 11.2. The Bertz CT molecular complexity index is 521. The standard InChI is InChI=1S/C18H20/c1-3-4-13-18(16-10-6-5-7-11-16)17-12-8-9-15(2)14-17/h5-14H,3-4H2,1-2H3. The second-order valence-electron chi connectivity index (χ2n) is 4.64. The molecule has 0 aromatic heterocycles. The van der Waals surface area contributed by atoms with Crippen LogP contribution in [-0.2, 0) is 0 Å². The molecule has 0 heteroatoms. The highest BCUT2D eigenvalue weighted by Gasteiger charge is 2.04. The highest BCUT2D eigenvalue weighted by molar-refractivity contribution is 5.79. The highest BCUT2D eigenvalue weighted by atomic mass is 14.1. The summed E-state index contributed by atoms with van der Waals surface area (Å²) >= 11 is 0. The Morgan fingerprint density at radius 2 is 1.67 bits per heavy atom. The Balaban J connectivity index is 2.44. The number of rotatable bonds is 4. The largest absolute Gasteiger partial charge is 0.0761 e. The van der Waals surface area contributed by atoms with Gasteiger partial charge in [0, 0.05) is 0 Å². The Morgan fingerprint density at radius 3 is 2.33 bits per heavy atom. The fourth-order valence-electron chi connectivity index (χ4n) is 2.12. The zero-order valence-corrected chi connectivity index (χ0v) is 11.2. The Morgan fingerprint density at radius 1 is 0.944 bits per heavy atom. The molecular weight excluding hydrogens is 216 g/mol. The first-order valence-electron chi connectivity index (χ1n) is 6.64. The van der Waals surface area contributed by atoms with Crippen LogP contribution in [0.1, 0.15) is 36.5 Å². The van der Waals surface area contributed by atoms with Gasteiger partial charge in [-0.25, -0.2) is 0 Å². The third-order valence-corrected chi connectivity index (χ3v) is 3.05. The molecule has 0 bridgehead atoms. The van der Waals surface area contributed by atoms with Gasteiger partial charge in [-0.05, 0) is 30.0 Å². The van der Waals surface area contributed by atoms with Crippen molar-refractivity contribution < 1.29 is 0 Å². The van der Waals surface area contributed by atoms with Gasteiger partial charge in [-0.1, -0.05) is 79.6 Å². The number of unbranched alkanes of at least 4 members (excludes halogenated alkanes) is 1. The zero-order chi connectivity index (χ0) is 12.8. The molecule has 0 fully saturated rings. The second kappa shape index (κ2) is 6.20. The van der Waals surface area contributed by atoms with Crippen molar-refractivity contribution in [3.05, 3.63) is 77.4 Å². The normalized spacial score (nSPS) is 11.6. The van der Waals surface area contributed by atoms with Crippen LogP contribution in [-0.4, -0.2) is 0 Å². The third-order valence-electron chi connectivity index (χ3n) is 3.05. The highest BCUT2D eigenvalue weighted by Crippen LogP contribution is 2.24. The van der Waals surface area contributed by atoms with Crippen LogP contribution in [0.25, 0.3) is 5.57 Å². The van der Waals surface area contributed by atoms with Crippen LogP contribution in [0.2, 0.25) is 0 Å². The van der Waals surface area contributed by atoms with Gasteiger partial charge in [-0.2, -0.15) is 0 Å². The summed E-state index contributed by atoms with van der Waals surface area (Å²) in [6.45, 7) is 4.36. The summed E-state index contributed by atoms with van der Waals surface area (Å²) in [6.07, 6.45) is 4.66. The van der Waals surface area contributed by atoms with E-state index in [0.29, 0.717) is 0 Å². The van der Waals surface area contributed by atoms with E-state index >= 15 is 0 Å². The van der Waals surface area contributed by atoms with E-state index in [9.17, 15) is 0 Å². The summed E-state index contributed by atoms with van der Waals surface area (Å²) in [7, 11) is 0. The van der Waals surface area contributed by atoms with Gasteiger partial charge in [0.05, 0.1) is 0 Å². The first-order valence-corrected chi connectivity index (χ1v) is 6.64. The van der Waals surface area contributed by atoms with Crippen molar-refractivity contribution in [2.24, 2.45) is 0 Å². The average Bonchev–Trinajstić information content (AvgIpc) is 2.40. The molecule has 18 heavy (non-hydrogen) atoms. The minimum absolute atomic E-state index is 1.12. The molecule has 0 heterocycles. The van der Waals surface area contributed by atoms with E-state index in [1.807, 2.05) is 0 Å². The topological polar surface area (TPSA) is 0 Å². The molecule has 0 aliphatic heterocycles. The molecule has 2 aromatic rings. The van der Waals surface area contributed by atoms with Crippen LogP contribution < -0.4 is 0 Å². The second-order valence-corrected chi connectivity index (χ2v) is 4.64. The predicted octanol–water partition coefficient (Wildman–Crippen LogP) is 5.23. The van der Waals surface area contributed by atoms with Crippen LogP contribution >= 0.6 is 0 Å². The molecule has 0 N–H and O–H groups in total. The van der Waals surface area contributed by atoms with E-state index in [2.05, 4.69) is 74.5 Å². The maximum absolute atomic E-state index is 2.35. The van der Waals surface area contributed by atoms with Crippen molar-refractivity contribution in [1.29, 1.82) is 0 Å². The van der Waals surface area contributed by atoms with Crippen molar-refractivity contribution in [2.45, 2.75) is 26.7 Å². The molecule has 0 nitrogen and oxygen atoms in total. The van der Waals surface area contributed by atoms with E-state index in [1.165, 1.54) is 28.7 Å². The lowest BCUT2D eigenvalue weighted by molar-refractivity contribution is 0.960. The van der Waals surface area contributed by atoms with Crippen molar-refractivity contribution in [3.63, 3.8) is 0 Å². The van der Waals surface area contributed by atoms with Gasteiger partial charge in [0.25, 0.3) is 0 Å². The van der Waals surface area contributed by atoms with Crippen molar-refractivity contribution in [3.8, 4) is 0 Å². The van der Waals surface area contributed by atoms with Gasteiger partial charge in [-0.3, -0.25) is 0 Å². The minimum atomic E-state index is 1.12. The fraction of sp³-hybridized carbons (Fsp3) is 0.222. The fourth-order valence-corrected chi connectivity index (χ4v) is 2.12. The van der Waals surface area contributed by atoms with Gasteiger partial charge < -0.3 is 0 Å². The molecule has 2 rings (SSSR count). The number of benzene rings is 2. The van der Waals surface area contributed by atoms with Gasteiger partial charge in [0.2, 0.25) is 0 Å². The maximum Gasteiger partial charge on any atom is -0.0151 e. The number of aryl methyl sites for hydroxylation is 1. The smallest absolute Gasteiger partial charge is 0.0151 e.